The average molecular weight is 343 g/mol. The van der Waals surface area contributed by atoms with Crippen LogP contribution in [0.25, 0.3) is 0 Å². The lowest BCUT2D eigenvalue weighted by Gasteiger charge is -2.12. The SMILES string of the molecule is COc1ccc(S(N)(=O)=O)cc1NS(=O)(=O)CCCCl. The molecule has 0 saturated heterocycles. The Labute approximate surface area is 123 Å². The molecule has 1 aromatic rings. The molecule has 0 heterocycles. The van der Waals surface area contributed by atoms with E-state index in [1.54, 1.807) is 0 Å². The van der Waals surface area contributed by atoms with Crippen LogP contribution in [0.2, 0.25) is 0 Å². The molecule has 0 aliphatic heterocycles. The Bertz CT molecular complexity index is 673. The lowest BCUT2D eigenvalue weighted by Crippen LogP contribution is -2.18. The van der Waals surface area contributed by atoms with Crippen molar-refractivity contribution in [2.75, 3.05) is 23.5 Å². The van der Waals surface area contributed by atoms with Crippen molar-refractivity contribution in [3.8, 4) is 5.75 Å². The number of rotatable bonds is 7. The number of primary sulfonamides is 1. The van der Waals surface area contributed by atoms with Crippen molar-refractivity contribution in [2.24, 2.45) is 5.14 Å². The first-order valence-electron chi connectivity index (χ1n) is 5.47. The fourth-order valence-electron chi connectivity index (χ4n) is 1.41. The molecule has 10 heteroatoms. The minimum Gasteiger partial charge on any atom is -0.495 e. The Balaban J connectivity index is 3.16. The molecule has 0 unspecified atom stereocenters. The van der Waals surface area contributed by atoms with E-state index >= 15 is 0 Å². The Hall–Kier alpha value is -1.03. The summed E-state index contributed by atoms with van der Waals surface area (Å²) in [6.45, 7) is 0. The summed E-state index contributed by atoms with van der Waals surface area (Å²) in [5.74, 6) is 0.209. The highest BCUT2D eigenvalue weighted by molar-refractivity contribution is 7.92. The maximum atomic E-state index is 11.8. The van der Waals surface area contributed by atoms with Gasteiger partial charge >= 0.3 is 0 Å². The van der Waals surface area contributed by atoms with Gasteiger partial charge in [0.25, 0.3) is 0 Å². The van der Waals surface area contributed by atoms with Gasteiger partial charge in [-0.15, -0.1) is 11.6 Å². The van der Waals surface area contributed by atoms with E-state index in [0.717, 1.165) is 6.07 Å². The second kappa shape index (κ2) is 6.61. The van der Waals surface area contributed by atoms with Crippen LogP contribution in [0, 0.1) is 0 Å². The molecular weight excluding hydrogens is 328 g/mol. The zero-order valence-corrected chi connectivity index (χ0v) is 13.1. The number of ether oxygens (including phenoxy) is 1. The Morgan fingerprint density at radius 2 is 1.95 bits per heavy atom. The molecule has 0 aliphatic carbocycles. The second-order valence-electron chi connectivity index (χ2n) is 3.87. The Morgan fingerprint density at radius 1 is 1.30 bits per heavy atom. The van der Waals surface area contributed by atoms with Crippen LogP contribution in [0.3, 0.4) is 0 Å². The lowest BCUT2D eigenvalue weighted by molar-refractivity contribution is 0.416. The number of anilines is 1. The zero-order chi connectivity index (χ0) is 15.4. The molecule has 0 atom stereocenters. The quantitative estimate of drug-likeness (QED) is 0.708. The smallest absolute Gasteiger partial charge is 0.238 e. The number of nitrogens with one attached hydrogen (secondary N) is 1. The number of halogens is 1. The molecular formula is C10H15ClN2O5S2. The van der Waals surface area contributed by atoms with E-state index in [1.165, 1.54) is 19.2 Å². The zero-order valence-electron chi connectivity index (χ0n) is 10.7. The molecule has 3 N–H and O–H groups in total. The first kappa shape index (κ1) is 17.0. The highest BCUT2D eigenvalue weighted by Crippen LogP contribution is 2.28. The number of hydrogen-bond acceptors (Lipinski definition) is 5. The van der Waals surface area contributed by atoms with E-state index in [9.17, 15) is 16.8 Å². The molecule has 0 aromatic heterocycles. The van der Waals surface area contributed by atoms with Gasteiger partial charge in [-0.1, -0.05) is 0 Å². The van der Waals surface area contributed by atoms with Gasteiger partial charge in [-0.25, -0.2) is 22.0 Å². The van der Waals surface area contributed by atoms with Crippen molar-refractivity contribution in [3.05, 3.63) is 18.2 Å². The third kappa shape index (κ3) is 4.82. The maximum Gasteiger partial charge on any atom is 0.238 e. The van der Waals surface area contributed by atoms with Crippen molar-refractivity contribution in [1.29, 1.82) is 0 Å². The minimum atomic E-state index is -3.93. The van der Waals surface area contributed by atoms with Gasteiger partial charge in [0.2, 0.25) is 20.0 Å². The molecule has 20 heavy (non-hydrogen) atoms. The summed E-state index contributed by atoms with van der Waals surface area (Å²) in [5, 5.41) is 5.00. The first-order chi connectivity index (χ1) is 9.19. The van der Waals surface area contributed by atoms with Gasteiger partial charge in [0.15, 0.2) is 0 Å². The van der Waals surface area contributed by atoms with E-state index in [0.29, 0.717) is 0 Å². The van der Waals surface area contributed by atoms with Gasteiger partial charge in [0.05, 0.1) is 23.4 Å². The summed E-state index contributed by atoms with van der Waals surface area (Å²) in [6.07, 6.45) is 0.272. The third-order valence-corrected chi connectivity index (χ3v) is 4.85. The summed E-state index contributed by atoms with van der Waals surface area (Å²) in [4.78, 5) is -0.214. The topological polar surface area (TPSA) is 116 Å². The number of alkyl halides is 1. The van der Waals surface area contributed by atoms with Crippen LogP contribution < -0.4 is 14.6 Å². The lowest BCUT2D eigenvalue weighted by atomic mass is 10.3. The van der Waals surface area contributed by atoms with Gasteiger partial charge in [-0.05, 0) is 24.6 Å². The molecule has 0 spiro atoms. The van der Waals surface area contributed by atoms with Crippen molar-refractivity contribution in [2.45, 2.75) is 11.3 Å². The highest BCUT2D eigenvalue weighted by atomic mass is 35.5. The Kier molecular flexibility index (Phi) is 5.63. The third-order valence-electron chi connectivity index (χ3n) is 2.31. The van der Waals surface area contributed by atoms with Gasteiger partial charge < -0.3 is 4.74 Å². The molecule has 0 bridgehead atoms. The van der Waals surface area contributed by atoms with E-state index < -0.39 is 20.0 Å². The van der Waals surface area contributed by atoms with Gasteiger partial charge in [-0.2, -0.15) is 0 Å². The van der Waals surface area contributed by atoms with Gasteiger partial charge in [0.1, 0.15) is 5.75 Å². The van der Waals surface area contributed by atoms with Crippen LogP contribution in [0.15, 0.2) is 23.1 Å². The molecule has 114 valence electrons. The van der Waals surface area contributed by atoms with Crippen LogP contribution in [-0.4, -0.2) is 35.6 Å². The van der Waals surface area contributed by atoms with E-state index in [1.807, 2.05) is 0 Å². The highest BCUT2D eigenvalue weighted by Gasteiger charge is 2.16. The average Bonchev–Trinajstić information content (AvgIpc) is 2.35. The van der Waals surface area contributed by atoms with E-state index in [-0.39, 0.29) is 34.4 Å². The summed E-state index contributed by atoms with van der Waals surface area (Å²) in [7, 11) is -6.24. The summed E-state index contributed by atoms with van der Waals surface area (Å²) in [6, 6.07) is 3.65. The number of benzene rings is 1. The summed E-state index contributed by atoms with van der Waals surface area (Å²) in [5.41, 5.74) is 0.00796. The largest absolute Gasteiger partial charge is 0.495 e. The monoisotopic (exact) mass is 342 g/mol. The van der Waals surface area contributed by atoms with Crippen molar-refractivity contribution in [1.82, 2.24) is 0 Å². The minimum absolute atomic E-state index is 0.00796. The molecule has 0 aliphatic rings. The molecule has 0 amide bonds. The molecule has 1 rings (SSSR count). The maximum absolute atomic E-state index is 11.8. The van der Waals surface area contributed by atoms with Crippen LogP contribution in [0.5, 0.6) is 5.75 Å². The fraction of sp³-hybridized carbons (Fsp3) is 0.400. The number of sulfonamides is 2. The summed E-state index contributed by atoms with van der Waals surface area (Å²) >= 11 is 5.44. The molecule has 7 nitrogen and oxygen atoms in total. The van der Waals surface area contributed by atoms with Crippen LogP contribution in [0.4, 0.5) is 5.69 Å². The molecule has 0 fully saturated rings. The predicted molar refractivity (Wildman–Crippen MR) is 77.1 cm³/mol. The van der Waals surface area contributed by atoms with Gasteiger partial charge in [-0.3, -0.25) is 4.72 Å². The van der Waals surface area contributed by atoms with E-state index in [2.05, 4.69) is 4.72 Å². The number of hydrogen-bond donors (Lipinski definition) is 2. The Morgan fingerprint density at radius 3 is 2.45 bits per heavy atom. The summed E-state index contributed by atoms with van der Waals surface area (Å²) < 4.78 is 53.3. The molecule has 0 radical (unpaired) electrons. The number of nitrogens with two attached hydrogens (primary N) is 1. The standard InChI is InChI=1S/C10H15ClN2O5S2/c1-18-10-4-3-8(20(12,16)17)7-9(10)13-19(14,15)6-2-5-11/h3-4,7,13H,2,5-6H2,1H3,(H2,12,16,17). The van der Waals surface area contributed by atoms with Crippen LogP contribution >= 0.6 is 11.6 Å². The normalized spacial score (nSPS) is 12.2. The van der Waals surface area contributed by atoms with Crippen LogP contribution in [-0.2, 0) is 20.0 Å². The van der Waals surface area contributed by atoms with Crippen LogP contribution in [0.1, 0.15) is 6.42 Å². The predicted octanol–water partition coefficient (Wildman–Crippen LogP) is 0.713. The van der Waals surface area contributed by atoms with Crippen molar-refractivity contribution in [3.63, 3.8) is 0 Å². The van der Waals surface area contributed by atoms with E-state index in [4.69, 9.17) is 21.5 Å². The molecule has 1 aromatic carbocycles. The van der Waals surface area contributed by atoms with Crippen molar-refractivity contribution < 1.29 is 21.6 Å². The second-order valence-corrected chi connectivity index (χ2v) is 7.65. The van der Waals surface area contributed by atoms with Crippen molar-refractivity contribution >= 4 is 37.3 Å². The fourth-order valence-corrected chi connectivity index (χ4v) is 3.36. The van der Waals surface area contributed by atoms with Gasteiger partial charge in [0, 0.05) is 5.88 Å². The number of methoxy groups -OCH3 is 1. The first-order valence-corrected chi connectivity index (χ1v) is 9.20. The molecule has 0 saturated carbocycles.